The summed E-state index contributed by atoms with van der Waals surface area (Å²) in [5.74, 6) is -1.40. The van der Waals surface area contributed by atoms with E-state index in [4.69, 9.17) is 16.3 Å². The summed E-state index contributed by atoms with van der Waals surface area (Å²) < 4.78 is 17.6. The standard InChI is InChI=1S/C16H13ClFNO3/c17-12-3-1-11(2-4-12)9-16(21)22-10-15(20)19-14-7-5-13(18)6-8-14/h1-8H,9-10H2,(H,19,20). The van der Waals surface area contributed by atoms with Crippen LogP contribution in [0.25, 0.3) is 0 Å². The monoisotopic (exact) mass is 321 g/mol. The van der Waals surface area contributed by atoms with Gasteiger partial charge in [-0.2, -0.15) is 0 Å². The number of nitrogens with one attached hydrogen (secondary N) is 1. The molecule has 1 N–H and O–H groups in total. The molecule has 1 amide bonds. The largest absolute Gasteiger partial charge is 0.455 e. The Labute approximate surface area is 131 Å². The van der Waals surface area contributed by atoms with Crippen LogP contribution in [0.15, 0.2) is 48.5 Å². The van der Waals surface area contributed by atoms with Gasteiger partial charge < -0.3 is 10.1 Å². The summed E-state index contributed by atoms with van der Waals surface area (Å²) in [6.07, 6.45) is 0.0565. The summed E-state index contributed by atoms with van der Waals surface area (Å²) in [4.78, 5) is 23.2. The highest BCUT2D eigenvalue weighted by molar-refractivity contribution is 6.30. The number of hydrogen-bond donors (Lipinski definition) is 1. The smallest absolute Gasteiger partial charge is 0.310 e. The first-order chi connectivity index (χ1) is 10.5. The predicted molar refractivity (Wildman–Crippen MR) is 81.1 cm³/mol. The number of esters is 1. The van der Waals surface area contributed by atoms with E-state index in [0.29, 0.717) is 10.7 Å². The van der Waals surface area contributed by atoms with Crippen LogP contribution in [-0.4, -0.2) is 18.5 Å². The average molecular weight is 322 g/mol. The van der Waals surface area contributed by atoms with Gasteiger partial charge in [-0.05, 0) is 42.0 Å². The van der Waals surface area contributed by atoms with Gasteiger partial charge in [0, 0.05) is 10.7 Å². The number of benzene rings is 2. The van der Waals surface area contributed by atoms with E-state index < -0.39 is 24.3 Å². The molecule has 2 rings (SSSR count). The molecule has 0 spiro atoms. The SMILES string of the molecule is O=C(COC(=O)Cc1ccc(Cl)cc1)Nc1ccc(F)cc1. The van der Waals surface area contributed by atoms with Gasteiger partial charge in [-0.25, -0.2) is 4.39 Å². The third-order valence-corrected chi connectivity index (χ3v) is 3.01. The lowest BCUT2D eigenvalue weighted by atomic mass is 10.1. The van der Waals surface area contributed by atoms with E-state index in [1.54, 1.807) is 24.3 Å². The molecule has 0 atom stereocenters. The summed E-state index contributed by atoms with van der Waals surface area (Å²) in [6.45, 7) is -0.399. The quantitative estimate of drug-likeness (QED) is 0.860. The fourth-order valence-corrected chi connectivity index (χ4v) is 1.82. The maximum Gasteiger partial charge on any atom is 0.310 e. The van der Waals surface area contributed by atoms with Crippen molar-refractivity contribution in [1.82, 2.24) is 0 Å². The molecule has 0 saturated heterocycles. The first kappa shape index (κ1) is 16.0. The van der Waals surface area contributed by atoms with Crippen LogP contribution in [-0.2, 0) is 20.7 Å². The molecule has 0 fully saturated rings. The Hall–Kier alpha value is -2.40. The summed E-state index contributed by atoms with van der Waals surface area (Å²) >= 11 is 5.75. The maximum absolute atomic E-state index is 12.7. The first-order valence-electron chi connectivity index (χ1n) is 6.48. The Balaban J connectivity index is 1.76. The lowest BCUT2D eigenvalue weighted by molar-refractivity contribution is -0.146. The molecule has 0 radical (unpaired) electrons. The zero-order valence-corrected chi connectivity index (χ0v) is 12.3. The number of rotatable bonds is 5. The lowest BCUT2D eigenvalue weighted by Gasteiger charge is -2.07. The van der Waals surface area contributed by atoms with Gasteiger partial charge in [0.2, 0.25) is 0 Å². The summed E-state index contributed by atoms with van der Waals surface area (Å²) in [6, 6.07) is 12.1. The van der Waals surface area contributed by atoms with E-state index in [0.717, 1.165) is 5.56 Å². The molecule has 22 heavy (non-hydrogen) atoms. The Morgan fingerprint density at radius 1 is 1.05 bits per heavy atom. The second-order valence-electron chi connectivity index (χ2n) is 4.52. The molecule has 0 heterocycles. The molecule has 114 valence electrons. The third-order valence-electron chi connectivity index (χ3n) is 2.75. The topological polar surface area (TPSA) is 55.4 Å². The number of ether oxygens (including phenoxy) is 1. The number of anilines is 1. The van der Waals surface area contributed by atoms with E-state index in [1.165, 1.54) is 24.3 Å². The molecule has 2 aromatic rings. The lowest BCUT2D eigenvalue weighted by Crippen LogP contribution is -2.21. The molecule has 4 nitrogen and oxygen atoms in total. The van der Waals surface area contributed by atoms with E-state index in [-0.39, 0.29) is 6.42 Å². The number of carbonyl (C=O) groups is 2. The summed E-state index contributed by atoms with van der Waals surface area (Å²) in [5, 5.41) is 3.07. The Kier molecular flexibility index (Phi) is 5.49. The van der Waals surface area contributed by atoms with E-state index in [1.807, 2.05) is 0 Å². The minimum absolute atomic E-state index is 0.0565. The molecular weight excluding hydrogens is 309 g/mol. The second kappa shape index (κ2) is 7.56. The van der Waals surface area contributed by atoms with Crippen molar-refractivity contribution in [3.63, 3.8) is 0 Å². The van der Waals surface area contributed by atoms with Crippen molar-refractivity contribution in [2.75, 3.05) is 11.9 Å². The number of carbonyl (C=O) groups excluding carboxylic acids is 2. The van der Waals surface area contributed by atoms with Crippen LogP contribution in [0.2, 0.25) is 5.02 Å². The van der Waals surface area contributed by atoms with Crippen LogP contribution in [0.4, 0.5) is 10.1 Å². The maximum atomic E-state index is 12.7. The molecular formula is C16H13ClFNO3. The molecule has 0 unspecified atom stereocenters. The second-order valence-corrected chi connectivity index (χ2v) is 4.96. The first-order valence-corrected chi connectivity index (χ1v) is 6.86. The molecule has 0 saturated carbocycles. The Morgan fingerprint density at radius 2 is 1.68 bits per heavy atom. The van der Waals surface area contributed by atoms with Crippen molar-refractivity contribution in [2.45, 2.75) is 6.42 Å². The van der Waals surface area contributed by atoms with Crippen molar-refractivity contribution in [1.29, 1.82) is 0 Å². The zero-order valence-electron chi connectivity index (χ0n) is 11.5. The predicted octanol–water partition coefficient (Wildman–Crippen LogP) is 3.20. The highest BCUT2D eigenvalue weighted by Gasteiger charge is 2.09. The van der Waals surface area contributed by atoms with E-state index in [9.17, 15) is 14.0 Å². The Morgan fingerprint density at radius 3 is 2.32 bits per heavy atom. The van der Waals surface area contributed by atoms with Gasteiger partial charge >= 0.3 is 5.97 Å². The van der Waals surface area contributed by atoms with Crippen molar-refractivity contribution in [3.05, 3.63) is 64.9 Å². The number of amides is 1. The molecule has 0 bridgehead atoms. The molecule has 0 aliphatic heterocycles. The minimum Gasteiger partial charge on any atom is -0.455 e. The van der Waals surface area contributed by atoms with Gasteiger partial charge in [-0.15, -0.1) is 0 Å². The highest BCUT2D eigenvalue weighted by Crippen LogP contribution is 2.10. The van der Waals surface area contributed by atoms with E-state index in [2.05, 4.69) is 5.32 Å². The van der Waals surface area contributed by atoms with Gasteiger partial charge in [0.05, 0.1) is 6.42 Å². The van der Waals surface area contributed by atoms with Gasteiger partial charge in [-0.1, -0.05) is 23.7 Å². The van der Waals surface area contributed by atoms with Crippen molar-refractivity contribution < 1.29 is 18.7 Å². The molecule has 0 aliphatic carbocycles. The minimum atomic E-state index is -0.517. The van der Waals surface area contributed by atoms with Crippen molar-refractivity contribution in [3.8, 4) is 0 Å². The average Bonchev–Trinajstić information content (AvgIpc) is 2.50. The third kappa shape index (κ3) is 5.18. The number of halogens is 2. The molecule has 0 aliphatic rings. The van der Waals surface area contributed by atoms with Crippen LogP contribution in [0.5, 0.6) is 0 Å². The molecule has 2 aromatic carbocycles. The van der Waals surface area contributed by atoms with Crippen LogP contribution >= 0.6 is 11.6 Å². The summed E-state index contributed by atoms with van der Waals surface area (Å²) in [5.41, 5.74) is 1.17. The Bertz CT molecular complexity index is 597. The fourth-order valence-electron chi connectivity index (χ4n) is 1.70. The van der Waals surface area contributed by atoms with Gasteiger partial charge in [-0.3, -0.25) is 9.59 Å². The van der Waals surface area contributed by atoms with Gasteiger partial charge in [0.1, 0.15) is 5.82 Å². The number of hydrogen-bond acceptors (Lipinski definition) is 3. The zero-order chi connectivity index (χ0) is 15.9. The molecule has 0 aromatic heterocycles. The normalized spacial score (nSPS) is 10.1. The van der Waals surface area contributed by atoms with E-state index >= 15 is 0 Å². The fraction of sp³-hybridized carbons (Fsp3) is 0.125. The van der Waals surface area contributed by atoms with Crippen molar-refractivity contribution >= 4 is 29.2 Å². The van der Waals surface area contributed by atoms with Crippen LogP contribution in [0, 0.1) is 5.82 Å². The summed E-state index contributed by atoms with van der Waals surface area (Å²) in [7, 11) is 0. The van der Waals surface area contributed by atoms with Crippen LogP contribution in [0.1, 0.15) is 5.56 Å². The van der Waals surface area contributed by atoms with Gasteiger partial charge in [0.15, 0.2) is 6.61 Å². The van der Waals surface area contributed by atoms with Crippen LogP contribution < -0.4 is 5.32 Å². The molecule has 6 heteroatoms. The van der Waals surface area contributed by atoms with Crippen LogP contribution in [0.3, 0.4) is 0 Å². The van der Waals surface area contributed by atoms with Gasteiger partial charge in [0.25, 0.3) is 5.91 Å². The highest BCUT2D eigenvalue weighted by atomic mass is 35.5. The van der Waals surface area contributed by atoms with Crippen molar-refractivity contribution in [2.24, 2.45) is 0 Å².